The number of halogens is 1. The van der Waals surface area contributed by atoms with Gasteiger partial charge >= 0.3 is 5.97 Å². The highest BCUT2D eigenvalue weighted by molar-refractivity contribution is 8.00. The lowest BCUT2D eigenvalue weighted by atomic mass is 10.3. The second kappa shape index (κ2) is 6.51. The van der Waals surface area contributed by atoms with Gasteiger partial charge in [0.05, 0.1) is 7.11 Å². The fraction of sp³-hybridized carbons (Fsp3) is 0.875. The number of esters is 1. The summed E-state index contributed by atoms with van der Waals surface area (Å²) in [6.45, 7) is 6.25. The molecular weight excluding hydrogens is 210 g/mol. The zero-order valence-corrected chi connectivity index (χ0v) is 10.1. The van der Waals surface area contributed by atoms with E-state index in [1.54, 1.807) is 11.8 Å². The Hall–Kier alpha value is 0.0700. The lowest BCUT2D eigenvalue weighted by molar-refractivity contribution is -0.141. The summed E-state index contributed by atoms with van der Waals surface area (Å²) in [5, 5.41) is 0. The number of hydrogen-bond acceptors (Lipinski definition) is 4. The largest absolute Gasteiger partial charge is 0.468 e. The van der Waals surface area contributed by atoms with E-state index in [0.29, 0.717) is 5.75 Å². The lowest BCUT2D eigenvalue weighted by Crippen LogP contribution is -2.35. The summed E-state index contributed by atoms with van der Waals surface area (Å²) in [5.41, 5.74) is 5.54. The van der Waals surface area contributed by atoms with E-state index in [-0.39, 0.29) is 23.1 Å². The van der Waals surface area contributed by atoms with Crippen molar-refractivity contribution in [3.63, 3.8) is 0 Å². The van der Waals surface area contributed by atoms with Crippen molar-refractivity contribution in [3.8, 4) is 0 Å². The van der Waals surface area contributed by atoms with Crippen LogP contribution in [0.5, 0.6) is 0 Å². The standard InChI is InChI=1S/C8H17NO2S.ClH/c1-8(2,3)12-5-6(9)7(10)11-4;/h6H,5,9H2,1-4H3;1H/t6-;/m0./s1. The second-order valence-corrected chi connectivity index (χ2v) is 5.40. The SMILES string of the molecule is COC(=O)[C@@H](N)CSC(C)(C)C.Cl. The lowest BCUT2D eigenvalue weighted by Gasteiger charge is -2.19. The van der Waals surface area contributed by atoms with Gasteiger partial charge in [0.1, 0.15) is 6.04 Å². The molecule has 13 heavy (non-hydrogen) atoms. The maximum absolute atomic E-state index is 10.9. The molecule has 0 saturated heterocycles. The highest BCUT2D eigenvalue weighted by atomic mass is 35.5. The molecule has 0 fully saturated rings. The first-order valence-electron chi connectivity index (χ1n) is 3.84. The number of carbonyl (C=O) groups is 1. The predicted molar refractivity (Wildman–Crippen MR) is 59.5 cm³/mol. The van der Waals surface area contributed by atoms with Crippen LogP contribution in [0.3, 0.4) is 0 Å². The van der Waals surface area contributed by atoms with Gasteiger partial charge in [-0.05, 0) is 0 Å². The van der Waals surface area contributed by atoms with Gasteiger partial charge in [-0.2, -0.15) is 11.8 Å². The molecule has 0 aliphatic heterocycles. The number of carbonyl (C=O) groups excluding carboxylic acids is 1. The van der Waals surface area contributed by atoms with Gasteiger partial charge in [0.2, 0.25) is 0 Å². The average Bonchev–Trinajstić information content (AvgIpc) is 1.97. The molecule has 0 heterocycles. The summed E-state index contributed by atoms with van der Waals surface area (Å²) in [6, 6.07) is -0.501. The van der Waals surface area contributed by atoms with Crippen LogP contribution >= 0.6 is 24.2 Å². The van der Waals surface area contributed by atoms with Gasteiger partial charge in [0, 0.05) is 10.5 Å². The van der Waals surface area contributed by atoms with Crippen molar-refractivity contribution in [2.75, 3.05) is 12.9 Å². The third kappa shape index (κ3) is 8.40. The molecule has 2 N–H and O–H groups in total. The van der Waals surface area contributed by atoms with Crippen molar-refractivity contribution in [1.82, 2.24) is 0 Å². The minimum atomic E-state index is -0.501. The summed E-state index contributed by atoms with van der Waals surface area (Å²) in [6.07, 6.45) is 0. The number of methoxy groups -OCH3 is 1. The van der Waals surface area contributed by atoms with Crippen LogP contribution in [0.4, 0.5) is 0 Å². The van der Waals surface area contributed by atoms with Crippen LogP contribution in [-0.2, 0) is 9.53 Å². The summed E-state index contributed by atoms with van der Waals surface area (Å²) < 4.78 is 4.64. The quantitative estimate of drug-likeness (QED) is 0.742. The maximum atomic E-state index is 10.9. The molecule has 0 amide bonds. The van der Waals surface area contributed by atoms with E-state index in [9.17, 15) is 4.79 Å². The third-order valence-electron chi connectivity index (χ3n) is 1.20. The zero-order valence-electron chi connectivity index (χ0n) is 8.49. The minimum Gasteiger partial charge on any atom is -0.468 e. The monoisotopic (exact) mass is 227 g/mol. The van der Waals surface area contributed by atoms with Crippen molar-refractivity contribution >= 4 is 30.1 Å². The fourth-order valence-electron chi connectivity index (χ4n) is 0.559. The predicted octanol–water partition coefficient (Wildman–Crippen LogP) is 1.44. The van der Waals surface area contributed by atoms with E-state index in [4.69, 9.17) is 5.73 Å². The van der Waals surface area contributed by atoms with Crippen molar-refractivity contribution in [2.24, 2.45) is 5.73 Å². The molecule has 80 valence electrons. The van der Waals surface area contributed by atoms with E-state index in [1.165, 1.54) is 7.11 Å². The van der Waals surface area contributed by atoms with Gasteiger partial charge in [-0.1, -0.05) is 20.8 Å². The molecule has 0 aromatic carbocycles. The number of thioether (sulfide) groups is 1. The van der Waals surface area contributed by atoms with Crippen LogP contribution in [0.1, 0.15) is 20.8 Å². The van der Waals surface area contributed by atoms with Crippen LogP contribution in [0.15, 0.2) is 0 Å². The summed E-state index contributed by atoms with van der Waals surface area (Å²) in [4.78, 5) is 10.9. The molecule has 0 spiro atoms. The highest BCUT2D eigenvalue weighted by Crippen LogP contribution is 2.23. The highest BCUT2D eigenvalue weighted by Gasteiger charge is 2.18. The molecule has 0 unspecified atom stereocenters. The van der Waals surface area contributed by atoms with E-state index in [2.05, 4.69) is 25.5 Å². The Balaban J connectivity index is 0. The topological polar surface area (TPSA) is 52.3 Å². The molecule has 0 rings (SSSR count). The van der Waals surface area contributed by atoms with Crippen molar-refractivity contribution in [2.45, 2.75) is 31.6 Å². The number of nitrogens with two attached hydrogens (primary N) is 1. The zero-order chi connectivity index (χ0) is 9.78. The van der Waals surface area contributed by atoms with E-state index in [0.717, 1.165) is 0 Å². The van der Waals surface area contributed by atoms with Gasteiger partial charge in [-0.15, -0.1) is 12.4 Å². The average molecular weight is 228 g/mol. The second-order valence-electron chi connectivity index (χ2n) is 3.55. The Bertz CT molecular complexity index is 159. The Kier molecular flexibility index (Phi) is 7.78. The summed E-state index contributed by atoms with van der Waals surface area (Å²) >= 11 is 1.66. The van der Waals surface area contributed by atoms with Crippen LogP contribution in [0.2, 0.25) is 0 Å². The molecule has 0 aromatic rings. The molecular formula is C8H18ClNO2S. The normalized spacial score (nSPS) is 13.0. The summed E-state index contributed by atoms with van der Waals surface area (Å²) in [5.74, 6) is 0.266. The smallest absolute Gasteiger partial charge is 0.323 e. The number of rotatable bonds is 3. The first-order valence-corrected chi connectivity index (χ1v) is 4.83. The Morgan fingerprint density at radius 2 is 2.00 bits per heavy atom. The van der Waals surface area contributed by atoms with Gasteiger partial charge in [-0.3, -0.25) is 4.79 Å². The molecule has 0 aliphatic rings. The maximum Gasteiger partial charge on any atom is 0.323 e. The van der Waals surface area contributed by atoms with Crippen molar-refractivity contribution in [3.05, 3.63) is 0 Å². The molecule has 0 aliphatic carbocycles. The van der Waals surface area contributed by atoms with Crippen LogP contribution in [0, 0.1) is 0 Å². The van der Waals surface area contributed by atoms with Gasteiger partial charge in [0.15, 0.2) is 0 Å². The third-order valence-corrected chi connectivity index (χ3v) is 2.59. The van der Waals surface area contributed by atoms with E-state index in [1.807, 2.05) is 0 Å². The van der Waals surface area contributed by atoms with Crippen LogP contribution in [0.25, 0.3) is 0 Å². The Morgan fingerprint density at radius 3 is 2.31 bits per heavy atom. The van der Waals surface area contributed by atoms with Crippen LogP contribution in [-0.4, -0.2) is 29.6 Å². The van der Waals surface area contributed by atoms with E-state index >= 15 is 0 Å². The summed E-state index contributed by atoms with van der Waals surface area (Å²) in [7, 11) is 1.35. The van der Waals surface area contributed by atoms with E-state index < -0.39 is 6.04 Å². The number of ether oxygens (including phenoxy) is 1. The number of hydrogen-bond donors (Lipinski definition) is 1. The van der Waals surface area contributed by atoms with Gasteiger partial charge in [0.25, 0.3) is 0 Å². The van der Waals surface area contributed by atoms with Crippen molar-refractivity contribution in [1.29, 1.82) is 0 Å². The van der Waals surface area contributed by atoms with Gasteiger partial charge < -0.3 is 10.5 Å². The molecule has 0 aromatic heterocycles. The Morgan fingerprint density at radius 1 is 1.54 bits per heavy atom. The fourth-order valence-corrected chi connectivity index (χ4v) is 1.37. The molecule has 1 atom stereocenters. The molecule has 3 nitrogen and oxygen atoms in total. The van der Waals surface area contributed by atoms with Gasteiger partial charge in [-0.25, -0.2) is 0 Å². The molecule has 5 heteroatoms. The van der Waals surface area contributed by atoms with Crippen molar-refractivity contribution < 1.29 is 9.53 Å². The first-order chi connectivity index (χ1) is 5.37. The Labute approximate surface area is 90.2 Å². The molecule has 0 radical (unpaired) electrons. The van der Waals surface area contributed by atoms with Crippen LogP contribution < -0.4 is 5.73 Å². The molecule has 0 bridgehead atoms. The minimum absolute atomic E-state index is 0. The first kappa shape index (κ1) is 15.5. The molecule has 0 saturated carbocycles.